The molecule has 0 saturated carbocycles. The number of nitrogens with zero attached hydrogens (tertiary/aromatic N) is 2. The summed E-state index contributed by atoms with van der Waals surface area (Å²) in [5, 5.41) is 3.56. The van der Waals surface area contributed by atoms with Crippen LogP contribution in [0.15, 0.2) is 34.9 Å². The molecule has 2 aromatic rings. The van der Waals surface area contributed by atoms with E-state index in [2.05, 4.69) is 76.3 Å². The van der Waals surface area contributed by atoms with E-state index in [4.69, 9.17) is 0 Å². The number of benzene rings is 1. The van der Waals surface area contributed by atoms with Crippen LogP contribution in [0.5, 0.6) is 0 Å². The van der Waals surface area contributed by atoms with E-state index in [9.17, 15) is 0 Å². The second-order valence-electron chi connectivity index (χ2n) is 6.67. The number of nitrogens with one attached hydrogen (secondary N) is 1. The average molecular weight is 346 g/mol. The average Bonchev–Trinajstić information content (AvgIpc) is 2.79. The van der Waals surface area contributed by atoms with Crippen molar-refractivity contribution in [1.82, 2.24) is 9.97 Å². The minimum Gasteiger partial charge on any atom is -0.367 e. The van der Waals surface area contributed by atoms with E-state index < -0.39 is 0 Å². The third-order valence-corrected chi connectivity index (χ3v) is 4.17. The van der Waals surface area contributed by atoms with E-state index in [0.717, 1.165) is 29.1 Å². The molecule has 0 radical (unpaired) electrons. The Kier molecular flexibility index (Phi) is 3.74. The van der Waals surface area contributed by atoms with Gasteiger partial charge in [0.15, 0.2) is 0 Å². The van der Waals surface area contributed by atoms with Crippen LogP contribution in [0, 0.1) is 0 Å². The molecule has 110 valence electrons. The third-order valence-electron chi connectivity index (χ3n) is 3.77. The fourth-order valence-electron chi connectivity index (χ4n) is 2.70. The van der Waals surface area contributed by atoms with Crippen molar-refractivity contribution in [3.05, 3.63) is 51.9 Å². The standard InChI is InChI=1S/C17H20BrN3/c1-17(2,3)16-20-14(18)10-15(21-16)19-13-8-11-6-4-5-7-12(11)9-13/h4-7,10,13H,8-9H2,1-3H3,(H,19,20,21). The smallest absolute Gasteiger partial charge is 0.137 e. The first-order valence-corrected chi connectivity index (χ1v) is 8.09. The molecule has 0 aliphatic heterocycles. The predicted octanol–water partition coefficient (Wildman–Crippen LogP) is 4.12. The van der Waals surface area contributed by atoms with Crippen LogP contribution in [0.1, 0.15) is 37.7 Å². The molecule has 1 aliphatic rings. The van der Waals surface area contributed by atoms with Gasteiger partial charge in [0.05, 0.1) is 0 Å². The van der Waals surface area contributed by atoms with Crippen molar-refractivity contribution in [3.8, 4) is 0 Å². The fraction of sp³-hybridized carbons (Fsp3) is 0.412. The zero-order valence-corrected chi connectivity index (χ0v) is 14.2. The molecular formula is C17H20BrN3. The number of aromatic nitrogens is 2. The fourth-order valence-corrected chi connectivity index (χ4v) is 3.08. The predicted molar refractivity (Wildman–Crippen MR) is 89.7 cm³/mol. The highest BCUT2D eigenvalue weighted by molar-refractivity contribution is 9.10. The number of hydrogen-bond donors (Lipinski definition) is 1. The lowest BCUT2D eigenvalue weighted by Crippen LogP contribution is -2.23. The Hall–Kier alpha value is -1.42. The van der Waals surface area contributed by atoms with Crippen molar-refractivity contribution in [2.75, 3.05) is 5.32 Å². The molecule has 1 N–H and O–H groups in total. The number of fused-ring (bicyclic) bond motifs is 1. The Morgan fingerprint density at radius 3 is 2.29 bits per heavy atom. The molecule has 1 aliphatic carbocycles. The lowest BCUT2D eigenvalue weighted by molar-refractivity contribution is 0.543. The van der Waals surface area contributed by atoms with Gasteiger partial charge in [-0.25, -0.2) is 9.97 Å². The Morgan fingerprint density at radius 2 is 1.71 bits per heavy atom. The largest absolute Gasteiger partial charge is 0.367 e. The monoisotopic (exact) mass is 345 g/mol. The van der Waals surface area contributed by atoms with Gasteiger partial charge >= 0.3 is 0 Å². The van der Waals surface area contributed by atoms with Gasteiger partial charge in [0.2, 0.25) is 0 Å². The van der Waals surface area contributed by atoms with Crippen molar-refractivity contribution < 1.29 is 0 Å². The maximum absolute atomic E-state index is 4.68. The highest BCUT2D eigenvalue weighted by atomic mass is 79.9. The van der Waals surface area contributed by atoms with E-state index in [1.165, 1.54) is 11.1 Å². The normalized spacial score (nSPS) is 15.0. The Balaban J connectivity index is 1.79. The maximum atomic E-state index is 4.68. The summed E-state index contributed by atoms with van der Waals surface area (Å²) in [4.78, 5) is 9.16. The molecule has 1 aromatic carbocycles. The number of anilines is 1. The molecule has 3 rings (SSSR count). The molecule has 21 heavy (non-hydrogen) atoms. The van der Waals surface area contributed by atoms with Gasteiger partial charge in [-0.2, -0.15) is 0 Å². The zero-order chi connectivity index (χ0) is 15.0. The van der Waals surface area contributed by atoms with Crippen LogP contribution in [0.2, 0.25) is 0 Å². The lowest BCUT2D eigenvalue weighted by Gasteiger charge is -2.19. The maximum Gasteiger partial charge on any atom is 0.137 e. The summed E-state index contributed by atoms with van der Waals surface area (Å²) in [5.74, 6) is 1.76. The van der Waals surface area contributed by atoms with Gasteiger partial charge in [-0.3, -0.25) is 0 Å². The highest BCUT2D eigenvalue weighted by Crippen LogP contribution is 2.26. The molecule has 3 nitrogen and oxygen atoms in total. The summed E-state index contributed by atoms with van der Waals surface area (Å²) in [5.41, 5.74) is 2.83. The Morgan fingerprint density at radius 1 is 1.10 bits per heavy atom. The van der Waals surface area contributed by atoms with Gasteiger partial charge in [0.25, 0.3) is 0 Å². The van der Waals surface area contributed by atoms with Crippen molar-refractivity contribution in [2.24, 2.45) is 0 Å². The molecule has 0 fully saturated rings. The van der Waals surface area contributed by atoms with Crippen LogP contribution >= 0.6 is 15.9 Å². The summed E-state index contributed by atoms with van der Waals surface area (Å²) in [6, 6.07) is 11.0. The first-order chi connectivity index (χ1) is 9.91. The molecule has 0 bridgehead atoms. The Bertz CT molecular complexity index is 636. The molecule has 0 spiro atoms. The number of rotatable bonds is 2. The third kappa shape index (κ3) is 3.26. The second kappa shape index (κ2) is 5.41. The van der Waals surface area contributed by atoms with E-state index in [1.54, 1.807) is 0 Å². The van der Waals surface area contributed by atoms with Gasteiger partial charge in [-0.1, -0.05) is 45.0 Å². The molecule has 1 aromatic heterocycles. The molecule has 1 heterocycles. The number of halogens is 1. The first kappa shape index (κ1) is 14.5. The van der Waals surface area contributed by atoms with Gasteiger partial charge in [-0.15, -0.1) is 0 Å². The van der Waals surface area contributed by atoms with Crippen molar-refractivity contribution in [1.29, 1.82) is 0 Å². The van der Waals surface area contributed by atoms with Crippen molar-refractivity contribution in [3.63, 3.8) is 0 Å². The molecule has 0 unspecified atom stereocenters. The summed E-state index contributed by atoms with van der Waals surface area (Å²) >= 11 is 3.49. The first-order valence-electron chi connectivity index (χ1n) is 7.30. The van der Waals surface area contributed by atoms with E-state index >= 15 is 0 Å². The minimum atomic E-state index is -0.0567. The summed E-state index contributed by atoms with van der Waals surface area (Å²) in [6.07, 6.45) is 2.12. The van der Waals surface area contributed by atoms with Crippen LogP contribution in [-0.4, -0.2) is 16.0 Å². The van der Waals surface area contributed by atoms with Crippen molar-refractivity contribution in [2.45, 2.75) is 45.1 Å². The summed E-state index contributed by atoms with van der Waals surface area (Å²) in [6.45, 7) is 6.39. The number of hydrogen-bond acceptors (Lipinski definition) is 3. The molecule has 0 amide bonds. The molecule has 4 heteroatoms. The van der Waals surface area contributed by atoms with Gasteiger partial charge in [0, 0.05) is 17.5 Å². The minimum absolute atomic E-state index is 0.0567. The quantitative estimate of drug-likeness (QED) is 0.832. The molecule has 0 atom stereocenters. The molecule has 0 saturated heterocycles. The van der Waals surface area contributed by atoms with E-state index in [-0.39, 0.29) is 5.41 Å². The van der Waals surface area contributed by atoms with E-state index in [1.807, 2.05) is 6.07 Å². The Labute approximate surface area is 134 Å². The highest BCUT2D eigenvalue weighted by Gasteiger charge is 2.23. The van der Waals surface area contributed by atoms with E-state index in [0.29, 0.717) is 6.04 Å². The van der Waals surface area contributed by atoms with Crippen LogP contribution in [0.4, 0.5) is 5.82 Å². The van der Waals surface area contributed by atoms with Crippen LogP contribution in [0.25, 0.3) is 0 Å². The summed E-state index contributed by atoms with van der Waals surface area (Å²) < 4.78 is 0.834. The zero-order valence-electron chi connectivity index (χ0n) is 12.7. The van der Waals surface area contributed by atoms with Gasteiger partial charge in [0.1, 0.15) is 16.2 Å². The van der Waals surface area contributed by atoms with Gasteiger partial charge in [-0.05, 0) is 39.9 Å². The van der Waals surface area contributed by atoms with Crippen LogP contribution in [0.3, 0.4) is 0 Å². The lowest BCUT2D eigenvalue weighted by atomic mass is 9.96. The van der Waals surface area contributed by atoms with Gasteiger partial charge < -0.3 is 5.32 Å². The van der Waals surface area contributed by atoms with Crippen LogP contribution < -0.4 is 5.32 Å². The topological polar surface area (TPSA) is 37.8 Å². The van der Waals surface area contributed by atoms with Crippen LogP contribution in [-0.2, 0) is 18.3 Å². The van der Waals surface area contributed by atoms with Crippen molar-refractivity contribution >= 4 is 21.7 Å². The summed E-state index contributed by atoms with van der Waals surface area (Å²) in [7, 11) is 0. The second-order valence-corrected chi connectivity index (χ2v) is 7.48. The SMILES string of the molecule is CC(C)(C)c1nc(Br)cc(NC2Cc3ccccc3C2)n1. The molecular weight excluding hydrogens is 326 g/mol.